The van der Waals surface area contributed by atoms with E-state index in [0.29, 0.717) is 0 Å². The van der Waals surface area contributed by atoms with Gasteiger partial charge in [-0.2, -0.15) is 0 Å². The van der Waals surface area contributed by atoms with E-state index >= 15 is 0 Å². The number of anilines is 1. The van der Waals surface area contributed by atoms with E-state index in [0.717, 1.165) is 31.5 Å². The van der Waals surface area contributed by atoms with E-state index < -0.39 is 0 Å². The molecule has 0 amide bonds. The van der Waals surface area contributed by atoms with Crippen molar-refractivity contribution in [1.82, 2.24) is 4.90 Å². The SMILES string of the molecule is CCOc1ccc(NCCN(C)C2CCCCC2)cc1. The van der Waals surface area contributed by atoms with Crippen molar-refractivity contribution in [2.24, 2.45) is 0 Å². The Morgan fingerprint density at radius 2 is 1.85 bits per heavy atom. The van der Waals surface area contributed by atoms with Crippen LogP contribution in [-0.4, -0.2) is 37.7 Å². The summed E-state index contributed by atoms with van der Waals surface area (Å²) in [6.07, 6.45) is 6.98. The molecule has 1 aromatic rings. The summed E-state index contributed by atoms with van der Waals surface area (Å²) >= 11 is 0. The molecular weight excluding hydrogens is 248 g/mol. The first-order valence-electron chi connectivity index (χ1n) is 7.96. The molecule has 20 heavy (non-hydrogen) atoms. The van der Waals surface area contributed by atoms with Crippen molar-refractivity contribution in [2.75, 3.05) is 32.1 Å². The molecule has 1 N–H and O–H groups in total. The lowest BCUT2D eigenvalue weighted by Crippen LogP contribution is -2.36. The minimum atomic E-state index is 0.721. The minimum Gasteiger partial charge on any atom is -0.494 e. The predicted octanol–water partition coefficient (Wildman–Crippen LogP) is 3.76. The number of ether oxygens (including phenoxy) is 1. The van der Waals surface area contributed by atoms with Gasteiger partial charge < -0.3 is 15.0 Å². The van der Waals surface area contributed by atoms with E-state index in [1.54, 1.807) is 0 Å². The van der Waals surface area contributed by atoms with E-state index in [4.69, 9.17) is 4.74 Å². The molecule has 1 aliphatic carbocycles. The van der Waals surface area contributed by atoms with E-state index in [1.807, 2.05) is 19.1 Å². The van der Waals surface area contributed by atoms with Gasteiger partial charge in [-0.3, -0.25) is 0 Å². The maximum absolute atomic E-state index is 5.45. The lowest BCUT2D eigenvalue weighted by Gasteiger charge is -2.31. The van der Waals surface area contributed by atoms with Crippen molar-refractivity contribution in [1.29, 1.82) is 0 Å². The van der Waals surface area contributed by atoms with Crippen molar-refractivity contribution in [3.63, 3.8) is 0 Å². The summed E-state index contributed by atoms with van der Waals surface area (Å²) in [5, 5.41) is 3.49. The molecule has 1 saturated carbocycles. The van der Waals surface area contributed by atoms with Crippen LogP contribution in [0.25, 0.3) is 0 Å². The summed E-state index contributed by atoms with van der Waals surface area (Å²) in [4.78, 5) is 2.51. The first kappa shape index (κ1) is 15.2. The van der Waals surface area contributed by atoms with Crippen molar-refractivity contribution >= 4 is 5.69 Å². The van der Waals surface area contributed by atoms with Crippen molar-refractivity contribution in [3.8, 4) is 5.75 Å². The van der Waals surface area contributed by atoms with Crippen LogP contribution in [-0.2, 0) is 0 Å². The van der Waals surface area contributed by atoms with Gasteiger partial charge in [0.1, 0.15) is 5.75 Å². The molecular formula is C17H28N2O. The van der Waals surface area contributed by atoms with Gasteiger partial charge in [-0.05, 0) is 51.1 Å². The quantitative estimate of drug-likeness (QED) is 0.820. The highest BCUT2D eigenvalue weighted by atomic mass is 16.5. The van der Waals surface area contributed by atoms with Crippen molar-refractivity contribution < 1.29 is 4.74 Å². The molecule has 0 aliphatic heterocycles. The average molecular weight is 276 g/mol. The number of nitrogens with one attached hydrogen (secondary N) is 1. The van der Waals surface area contributed by atoms with Crippen molar-refractivity contribution in [3.05, 3.63) is 24.3 Å². The Morgan fingerprint density at radius 3 is 2.50 bits per heavy atom. The van der Waals surface area contributed by atoms with Crippen LogP contribution in [0.4, 0.5) is 5.69 Å². The highest BCUT2D eigenvalue weighted by Crippen LogP contribution is 2.21. The second kappa shape index (κ2) is 8.15. The topological polar surface area (TPSA) is 24.5 Å². The molecule has 0 aromatic heterocycles. The molecule has 2 rings (SSSR count). The standard InChI is InChI=1S/C17H28N2O/c1-3-20-17-11-9-15(10-12-17)18-13-14-19(2)16-7-5-4-6-8-16/h9-12,16,18H,3-8,13-14H2,1-2H3. The summed E-state index contributed by atoms with van der Waals surface area (Å²) in [7, 11) is 2.26. The van der Waals surface area contributed by atoms with Crippen LogP contribution in [0.15, 0.2) is 24.3 Å². The maximum atomic E-state index is 5.45. The van der Waals surface area contributed by atoms with Crippen LogP contribution in [0.1, 0.15) is 39.0 Å². The number of likely N-dealkylation sites (N-methyl/N-ethyl adjacent to an activating group) is 1. The fraction of sp³-hybridized carbons (Fsp3) is 0.647. The Hall–Kier alpha value is -1.22. The molecule has 0 bridgehead atoms. The Bertz CT molecular complexity index is 371. The highest BCUT2D eigenvalue weighted by Gasteiger charge is 2.17. The fourth-order valence-corrected chi connectivity index (χ4v) is 2.92. The normalized spacial score (nSPS) is 16.4. The zero-order valence-electron chi connectivity index (χ0n) is 12.9. The zero-order chi connectivity index (χ0) is 14.2. The Kier molecular flexibility index (Phi) is 6.19. The molecule has 0 unspecified atom stereocenters. The van der Waals surface area contributed by atoms with Gasteiger partial charge in [0, 0.05) is 24.8 Å². The summed E-state index contributed by atoms with van der Waals surface area (Å²) in [6, 6.07) is 9.02. The lowest BCUT2D eigenvalue weighted by molar-refractivity contribution is 0.198. The van der Waals surface area contributed by atoms with Gasteiger partial charge in [-0.25, -0.2) is 0 Å². The summed E-state index contributed by atoms with van der Waals surface area (Å²) in [5.41, 5.74) is 1.17. The van der Waals surface area contributed by atoms with Crippen LogP contribution in [0.2, 0.25) is 0 Å². The van der Waals surface area contributed by atoms with Crippen LogP contribution in [0, 0.1) is 0 Å². The van der Waals surface area contributed by atoms with E-state index in [2.05, 4.69) is 29.4 Å². The summed E-state index contributed by atoms with van der Waals surface area (Å²) in [5.74, 6) is 0.942. The number of benzene rings is 1. The first-order valence-corrected chi connectivity index (χ1v) is 7.96. The molecule has 1 aromatic carbocycles. The smallest absolute Gasteiger partial charge is 0.119 e. The molecule has 0 spiro atoms. The number of rotatable bonds is 7. The molecule has 0 radical (unpaired) electrons. The molecule has 0 atom stereocenters. The van der Waals surface area contributed by atoms with E-state index in [9.17, 15) is 0 Å². The molecule has 0 saturated heterocycles. The fourth-order valence-electron chi connectivity index (χ4n) is 2.92. The van der Waals surface area contributed by atoms with Crippen molar-refractivity contribution in [2.45, 2.75) is 45.1 Å². The molecule has 0 heterocycles. The molecule has 3 nitrogen and oxygen atoms in total. The second-order valence-electron chi connectivity index (χ2n) is 5.66. The van der Waals surface area contributed by atoms with Gasteiger partial charge in [-0.1, -0.05) is 19.3 Å². The average Bonchev–Trinajstić information content (AvgIpc) is 2.50. The Morgan fingerprint density at radius 1 is 1.15 bits per heavy atom. The third-order valence-corrected chi connectivity index (χ3v) is 4.16. The summed E-state index contributed by atoms with van der Waals surface area (Å²) < 4.78 is 5.45. The highest BCUT2D eigenvalue weighted by molar-refractivity contribution is 5.46. The van der Waals surface area contributed by atoms with Crippen LogP contribution >= 0.6 is 0 Å². The van der Waals surface area contributed by atoms with Gasteiger partial charge >= 0.3 is 0 Å². The number of nitrogens with zero attached hydrogens (tertiary/aromatic N) is 1. The Labute approximate surface area is 123 Å². The van der Waals surface area contributed by atoms with Crippen LogP contribution in [0.5, 0.6) is 5.75 Å². The van der Waals surface area contributed by atoms with E-state index in [-0.39, 0.29) is 0 Å². The Balaban J connectivity index is 1.69. The predicted molar refractivity (Wildman–Crippen MR) is 85.6 cm³/mol. The van der Waals surface area contributed by atoms with Gasteiger partial charge in [0.15, 0.2) is 0 Å². The number of hydrogen-bond donors (Lipinski definition) is 1. The van der Waals surface area contributed by atoms with Gasteiger partial charge in [0.2, 0.25) is 0 Å². The molecule has 1 fully saturated rings. The monoisotopic (exact) mass is 276 g/mol. The lowest BCUT2D eigenvalue weighted by atomic mass is 9.94. The molecule has 112 valence electrons. The van der Waals surface area contributed by atoms with Gasteiger partial charge in [-0.15, -0.1) is 0 Å². The first-order chi connectivity index (χ1) is 9.79. The third-order valence-electron chi connectivity index (χ3n) is 4.16. The maximum Gasteiger partial charge on any atom is 0.119 e. The number of hydrogen-bond acceptors (Lipinski definition) is 3. The molecule has 1 aliphatic rings. The van der Waals surface area contributed by atoms with E-state index in [1.165, 1.54) is 37.8 Å². The largest absolute Gasteiger partial charge is 0.494 e. The second-order valence-corrected chi connectivity index (χ2v) is 5.66. The summed E-state index contributed by atoms with van der Waals surface area (Å²) in [6.45, 7) is 4.84. The van der Waals surface area contributed by atoms with Gasteiger partial charge in [0.25, 0.3) is 0 Å². The molecule has 3 heteroatoms. The third kappa shape index (κ3) is 4.71. The van der Waals surface area contributed by atoms with Crippen LogP contribution < -0.4 is 10.1 Å². The van der Waals surface area contributed by atoms with Gasteiger partial charge in [0.05, 0.1) is 6.61 Å². The van der Waals surface area contributed by atoms with Crippen LogP contribution in [0.3, 0.4) is 0 Å². The minimum absolute atomic E-state index is 0.721. The zero-order valence-corrected chi connectivity index (χ0v) is 12.9.